The number of aliphatic hydroxyl groups excluding tert-OH is 1. The van der Waals surface area contributed by atoms with Crippen molar-refractivity contribution < 1.29 is 19.4 Å². The van der Waals surface area contributed by atoms with Gasteiger partial charge in [0.1, 0.15) is 11.8 Å². The molecule has 0 aliphatic heterocycles. The summed E-state index contributed by atoms with van der Waals surface area (Å²) in [5.74, 6) is -0.273. The molecule has 0 aliphatic carbocycles. The molecule has 0 radical (unpaired) electrons. The number of ether oxygens (including phenoxy) is 1. The zero-order chi connectivity index (χ0) is 17.4. The Bertz CT molecular complexity index is 691. The number of carbonyl (C=O) groups excluding carboxylic acids is 2. The van der Waals surface area contributed by atoms with E-state index in [0.717, 1.165) is 5.56 Å². The monoisotopic (exact) mass is 329 g/mol. The number of amides is 2. The molecular weight excluding hydrogens is 310 g/mol. The molecule has 0 saturated carbocycles. The number of benzene rings is 1. The summed E-state index contributed by atoms with van der Waals surface area (Å²) in [6.45, 7) is -0.502. The minimum Gasteiger partial charge on any atom is -0.497 e. The molecule has 1 aromatic heterocycles. The summed E-state index contributed by atoms with van der Waals surface area (Å²) in [4.78, 5) is 28.1. The summed E-state index contributed by atoms with van der Waals surface area (Å²) in [7, 11) is 1.52. The van der Waals surface area contributed by atoms with E-state index < -0.39 is 18.6 Å². The van der Waals surface area contributed by atoms with Gasteiger partial charge in [-0.2, -0.15) is 0 Å². The number of aliphatic hydroxyl groups is 1. The molecule has 7 nitrogen and oxygen atoms in total. The van der Waals surface area contributed by atoms with E-state index in [4.69, 9.17) is 4.74 Å². The first kappa shape index (κ1) is 17.4. The van der Waals surface area contributed by atoms with Crippen LogP contribution in [-0.4, -0.2) is 41.7 Å². The topological polar surface area (TPSA) is 101 Å². The molecule has 0 fully saturated rings. The largest absolute Gasteiger partial charge is 0.497 e. The second-order valence-corrected chi connectivity index (χ2v) is 5.06. The molecule has 1 heterocycles. The number of hydrogen-bond acceptors (Lipinski definition) is 5. The van der Waals surface area contributed by atoms with Crippen molar-refractivity contribution in [2.24, 2.45) is 0 Å². The van der Waals surface area contributed by atoms with Crippen LogP contribution in [0.1, 0.15) is 5.56 Å². The number of anilines is 1. The summed E-state index contributed by atoms with van der Waals surface area (Å²) in [5.41, 5.74) is 1.29. The van der Waals surface area contributed by atoms with Crippen LogP contribution in [0.2, 0.25) is 0 Å². The Kier molecular flexibility index (Phi) is 6.27. The van der Waals surface area contributed by atoms with Crippen molar-refractivity contribution in [2.75, 3.05) is 19.0 Å². The van der Waals surface area contributed by atoms with Gasteiger partial charge < -0.3 is 20.5 Å². The quantitative estimate of drug-likeness (QED) is 0.696. The predicted molar refractivity (Wildman–Crippen MR) is 88.6 cm³/mol. The van der Waals surface area contributed by atoms with E-state index in [-0.39, 0.29) is 12.3 Å². The molecule has 0 spiro atoms. The van der Waals surface area contributed by atoms with Gasteiger partial charge in [-0.15, -0.1) is 0 Å². The number of hydrogen-bond donors (Lipinski definition) is 3. The third-order valence-electron chi connectivity index (χ3n) is 3.29. The molecule has 7 heteroatoms. The van der Waals surface area contributed by atoms with Crippen LogP contribution in [-0.2, 0) is 16.0 Å². The van der Waals surface area contributed by atoms with E-state index in [0.29, 0.717) is 11.4 Å². The Morgan fingerprint density at radius 2 is 2.00 bits per heavy atom. The van der Waals surface area contributed by atoms with Crippen molar-refractivity contribution in [2.45, 2.75) is 12.5 Å². The Balaban J connectivity index is 1.94. The van der Waals surface area contributed by atoms with Crippen LogP contribution in [0.5, 0.6) is 5.75 Å². The van der Waals surface area contributed by atoms with E-state index in [1.807, 2.05) is 0 Å². The van der Waals surface area contributed by atoms with Crippen molar-refractivity contribution >= 4 is 17.5 Å². The molecule has 2 amide bonds. The molecule has 126 valence electrons. The van der Waals surface area contributed by atoms with Gasteiger partial charge in [-0.05, 0) is 29.8 Å². The van der Waals surface area contributed by atoms with Gasteiger partial charge in [-0.1, -0.05) is 6.07 Å². The lowest BCUT2D eigenvalue weighted by Gasteiger charge is -2.16. The highest BCUT2D eigenvalue weighted by molar-refractivity contribution is 5.97. The van der Waals surface area contributed by atoms with E-state index in [2.05, 4.69) is 15.6 Å². The summed E-state index contributed by atoms with van der Waals surface area (Å²) in [6.07, 6.45) is 3.27. The summed E-state index contributed by atoms with van der Waals surface area (Å²) in [6, 6.07) is 9.19. The second-order valence-electron chi connectivity index (χ2n) is 5.06. The van der Waals surface area contributed by atoms with Crippen LogP contribution >= 0.6 is 0 Å². The third kappa shape index (κ3) is 5.06. The molecule has 3 N–H and O–H groups in total. The fraction of sp³-hybridized carbons (Fsp3) is 0.235. The summed E-state index contributed by atoms with van der Waals surface area (Å²) < 4.78 is 5.08. The molecule has 1 aromatic carbocycles. The number of nitrogens with zero attached hydrogens (tertiary/aromatic N) is 1. The maximum Gasteiger partial charge on any atom is 0.249 e. The molecular formula is C17H19N3O4. The van der Waals surface area contributed by atoms with Crippen LogP contribution in [0.25, 0.3) is 0 Å². The van der Waals surface area contributed by atoms with Crippen molar-refractivity contribution in [3.63, 3.8) is 0 Å². The fourth-order valence-corrected chi connectivity index (χ4v) is 2.06. The number of methoxy groups -OCH3 is 1. The minimum atomic E-state index is -1.04. The molecule has 2 aromatic rings. The minimum absolute atomic E-state index is 0.103. The molecule has 0 aliphatic rings. The number of pyridine rings is 1. The highest BCUT2D eigenvalue weighted by Gasteiger charge is 2.20. The highest BCUT2D eigenvalue weighted by atomic mass is 16.5. The third-order valence-corrected chi connectivity index (χ3v) is 3.29. The van der Waals surface area contributed by atoms with Gasteiger partial charge in [0.2, 0.25) is 11.8 Å². The molecule has 0 saturated heterocycles. The van der Waals surface area contributed by atoms with Crippen LogP contribution in [0.15, 0.2) is 48.8 Å². The normalized spacial score (nSPS) is 11.4. The fourth-order valence-electron chi connectivity index (χ4n) is 2.06. The first-order chi connectivity index (χ1) is 11.6. The van der Waals surface area contributed by atoms with Gasteiger partial charge >= 0.3 is 0 Å². The smallest absolute Gasteiger partial charge is 0.249 e. The van der Waals surface area contributed by atoms with E-state index in [1.165, 1.54) is 7.11 Å². The maximum atomic E-state index is 12.2. The zero-order valence-corrected chi connectivity index (χ0v) is 13.2. The predicted octanol–water partition coefficient (Wildman–Crippen LogP) is 0.748. The van der Waals surface area contributed by atoms with Crippen LogP contribution in [0, 0.1) is 0 Å². The number of rotatable bonds is 7. The second kappa shape index (κ2) is 8.64. The Morgan fingerprint density at radius 3 is 2.67 bits per heavy atom. The summed E-state index contributed by atoms with van der Waals surface area (Å²) >= 11 is 0. The standard InChI is InChI=1S/C17H19N3O4/c1-24-14-4-2-3-13(10-14)19-17(23)15(11-21)20-16(22)9-12-5-7-18-8-6-12/h2-8,10,15,21H,9,11H2,1H3,(H,19,23)(H,20,22)/t15-/m0/s1. The SMILES string of the molecule is COc1cccc(NC(=O)[C@H](CO)NC(=O)Cc2ccncc2)c1. The average molecular weight is 329 g/mol. The van der Waals surface area contributed by atoms with E-state index in [9.17, 15) is 14.7 Å². The molecule has 0 bridgehead atoms. The van der Waals surface area contributed by atoms with Gasteiger partial charge in [0.15, 0.2) is 0 Å². The highest BCUT2D eigenvalue weighted by Crippen LogP contribution is 2.16. The van der Waals surface area contributed by atoms with Crippen molar-refractivity contribution in [1.29, 1.82) is 0 Å². The Labute approximate surface area is 139 Å². The first-order valence-corrected chi connectivity index (χ1v) is 7.36. The van der Waals surface area contributed by atoms with Crippen molar-refractivity contribution in [3.05, 3.63) is 54.4 Å². The lowest BCUT2D eigenvalue weighted by molar-refractivity contribution is -0.126. The number of nitrogens with one attached hydrogen (secondary N) is 2. The summed E-state index contributed by atoms with van der Waals surface area (Å²) in [5, 5.41) is 14.5. The van der Waals surface area contributed by atoms with Crippen molar-refractivity contribution in [1.82, 2.24) is 10.3 Å². The van der Waals surface area contributed by atoms with Gasteiger partial charge in [-0.3, -0.25) is 14.6 Å². The van der Waals surface area contributed by atoms with Crippen LogP contribution in [0.3, 0.4) is 0 Å². The molecule has 2 rings (SSSR count). The average Bonchev–Trinajstić information content (AvgIpc) is 2.60. The lowest BCUT2D eigenvalue weighted by Crippen LogP contribution is -2.46. The number of carbonyl (C=O) groups is 2. The Hall–Kier alpha value is -2.93. The van der Waals surface area contributed by atoms with Gasteiger partial charge in [-0.25, -0.2) is 0 Å². The van der Waals surface area contributed by atoms with Crippen LogP contribution in [0.4, 0.5) is 5.69 Å². The van der Waals surface area contributed by atoms with E-state index >= 15 is 0 Å². The number of aromatic nitrogens is 1. The maximum absolute atomic E-state index is 12.2. The molecule has 0 unspecified atom stereocenters. The van der Waals surface area contributed by atoms with Crippen LogP contribution < -0.4 is 15.4 Å². The zero-order valence-electron chi connectivity index (χ0n) is 13.2. The van der Waals surface area contributed by atoms with Gasteiger partial charge in [0, 0.05) is 24.1 Å². The first-order valence-electron chi connectivity index (χ1n) is 7.36. The van der Waals surface area contributed by atoms with E-state index in [1.54, 1.807) is 48.8 Å². The molecule has 1 atom stereocenters. The van der Waals surface area contributed by atoms with Gasteiger partial charge in [0.05, 0.1) is 20.1 Å². The Morgan fingerprint density at radius 1 is 1.25 bits per heavy atom. The molecule has 24 heavy (non-hydrogen) atoms. The van der Waals surface area contributed by atoms with Gasteiger partial charge in [0.25, 0.3) is 0 Å². The lowest BCUT2D eigenvalue weighted by atomic mass is 10.2. The van der Waals surface area contributed by atoms with Crippen molar-refractivity contribution in [3.8, 4) is 5.75 Å².